The van der Waals surface area contributed by atoms with E-state index < -0.39 is 15.9 Å². The molecule has 2 aromatic rings. The van der Waals surface area contributed by atoms with Gasteiger partial charge in [-0.25, -0.2) is 8.42 Å². The van der Waals surface area contributed by atoms with Gasteiger partial charge in [-0.1, -0.05) is 42.5 Å². The molecule has 2 amide bonds. The summed E-state index contributed by atoms with van der Waals surface area (Å²) in [5, 5.41) is 2.96. The molecular weight excluding hydrogens is 388 g/mol. The van der Waals surface area contributed by atoms with E-state index in [0.717, 1.165) is 23.8 Å². The highest BCUT2D eigenvalue weighted by Gasteiger charge is 2.34. The molecule has 2 unspecified atom stereocenters. The van der Waals surface area contributed by atoms with Gasteiger partial charge in [-0.2, -0.15) is 0 Å². The monoisotopic (exact) mass is 414 g/mol. The fourth-order valence-corrected chi connectivity index (χ4v) is 4.24. The largest absolute Gasteiger partial charge is 0.348 e. The second kappa shape index (κ2) is 8.78. The molecule has 1 aliphatic heterocycles. The van der Waals surface area contributed by atoms with E-state index in [2.05, 4.69) is 5.32 Å². The average molecular weight is 415 g/mol. The molecule has 1 aliphatic rings. The molecule has 0 aliphatic carbocycles. The van der Waals surface area contributed by atoms with Gasteiger partial charge in [0.2, 0.25) is 11.8 Å². The summed E-state index contributed by atoms with van der Waals surface area (Å²) in [6.45, 7) is 2.43. The Morgan fingerprint density at radius 2 is 1.76 bits per heavy atom. The fourth-order valence-electron chi connectivity index (χ4n) is 3.61. The summed E-state index contributed by atoms with van der Waals surface area (Å²) in [4.78, 5) is 27.4. The number of carbonyl (C=O) groups is 2. The van der Waals surface area contributed by atoms with Crippen LogP contribution in [0.3, 0.4) is 0 Å². The van der Waals surface area contributed by atoms with Crippen molar-refractivity contribution >= 4 is 21.7 Å². The van der Waals surface area contributed by atoms with Crippen molar-refractivity contribution in [1.29, 1.82) is 0 Å². The molecule has 0 saturated carbocycles. The van der Waals surface area contributed by atoms with E-state index in [1.165, 1.54) is 0 Å². The van der Waals surface area contributed by atoms with E-state index in [9.17, 15) is 18.0 Å². The van der Waals surface area contributed by atoms with E-state index in [1.54, 1.807) is 29.2 Å². The number of carbonyl (C=O) groups excluding carboxylic acids is 2. The minimum atomic E-state index is -3.26. The first kappa shape index (κ1) is 21.0. The zero-order valence-electron chi connectivity index (χ0n) is 16.7. The van der Waals surface area contributed by atoms with Crippen LogP contribution in [0.2, 0.25) is 0 Å². The quantitative estimate of drug-likeness (QED) is 0.787. The summed E-state index contributed by atoms with van der Waals surface area (Å²) in [7, 11) is -3.26. The van der Waals surface area contributed by atoms with E-state index in [1.807, 2.05) is 37.3 Å². The van der Waals surface area contributed by atoms with Gasteiger partial charge in [-0.05, 0) is 43.0 Å². The van der Waals surface area contributed by atoms with Crippen molar-refractivity contribution in [2.24, 2.45) is 0 Å². The lowest BCUT2D eigenvalue weighted by atomic mass is 10.1. The van der Waals surface area contributed by atoms with Gasteiger partial charge in [-0.15, -0.1) is 0 Å². The molecule has 7 heteroatoms. The highest BCUT2D eigenvalue weighted by Crippen LogP contribution is 2.21. The molecule has 3 rings (SSSR count). The Labute approximate surface area is 171 Å². The minimum absolute atomic E-state index is 0.0426. The van der Waals surface area contributed by atoms with Crippen molar-refractivity contribution in [1.82, 2.24) is 10.2 Å². The first-order valence-corrected chi connectivity index (χ1v) is 11.6. The van der Waals surface area contributed by atoms with E-state index in [4.69, 9.17) is 0 Å². The summed E-state index contributed by atoms with van der Waals surface area (Å²) in [5.74, 6) is -0.220. The molecule has 1 N–H and O–H groups in total. The fraction of sp³-hybridized carbons (Fsp3) is 0.364. The molecule has 154 valence electrons. The van der Waals surface area contributed by atoms with Crippen molar-refractivity contribution in [2.75, 3.05) is 12.8 Å². The second-order valence-electron chi connectivity index (χ2n) is 7.48. The molecular formula is C22H26N2O4S. The molecule has 2 aromatic carbocycles. The van der Waals surface area contributed by atoms with E-state index >= 15 is 0 Å². The lowest BCUT2D eigenvalue weighted by molar-refractivity contribution is -0.138. The van der Waals surface area contributed by atoms with Crippen LogP contribution in [0.15, 0.2) is 59.5 Å². The maximum absolute atomic E-state index is 12.8. The molecule has 29 heavy (non-hydrogen) atoms. The van der Waals surface area contributed by atoms with E-state index in [-0.39, 0.29) is 29.2 Å². The number of nitrogens with zero attached hydrogens (tertiary/aromatic N) is 1. The van der Waals surface area contributed by atoms with E-state index in [0.29, 0.717) is 13.0 Å². The van der Waals surface area contributed by atoms with Crippen molar-refractivity contribution in [2.45, 2.75) is 43.2 Å². The third-order valence-corrected chi connectivity index (χ3v) is 6.37. The SMILES string of the molecule is CC(NC(=O)C1CCCN1C(=O)Cc1ccccc1)c1ccc(S(C)(=O)=O)cc1. The van der Waals surface area contributed by atoms with Gasteiger partial charge in [0.05, 0.1) is 17.4 Å². The Hall–Kier alpha value is -2.67. The highest BCUT2D eigenvalue weighted by molar-refractivity contribution is 7.90. The molecule has 1 heterocycles. The van der Waals surface area contributed by atoms with Crippen LogP contribution in [0.4, 0.5) is 0 Å². The smallest absolute Gasteiger partial charge is 0.243 e. The number of benzene rings is 2. The second-order valence-corrected chi connectivity index (χ2v) is 9.49. The summed E-state index contributed by atoms with van der Waals surface area (Å²) >= 11 is 0. The van der Waals surface area contributed by atoms with Gasteiger partial charge >= 0.3 is 0 Å². The van der Waals surface area contributed by atoms with Crippen molar-refractivity contribution in [3.05, 3.63) is 65.7 Å². The lowest BCUT2D eigenvalue weighted by Crippen LogP contribution is -2.47. The number of hydrogen-bond acceptors (Lipinski definition) is 4. The van der Waals surface area contributed by atoms with Crippen LogP contribution in [-0.2, 0) is 25.8 Å². The Bertz CT molecular complexity index is 972. The predicted molar refractivity (Wildman–Crippen MR) is 111 cm³/mol. The summed E-state index contributed by atoms with van der Waals surface area (Å²) in [6, 6.07) is 15.2. The molecule has 0 spiro atoms. The zero-order valence-corrected chi connectivity index (χ0v) is 17.5. The first-order valence-electron chi connectivity index (χ1n) is 9.69. The standard InChI is InChI=1S/C22H26N2O4S/c1-16(18-10-12-19(13-11-18)29(2,27)28)23-22(26)20-9-6-14-24(20)21(25)15-17-7-4-3-5-8-17/h3-5,7-8,10-13,16,20H,6,9,14-15H2,1-2H3,(H,23,26). The summed E-state index contributed by atoms with van der Waals surface area (Å²) < 4.78 is 23.2. The average Bonchev–Trinajstić information content (AvgIpc) is 3.18. The molecule has 2 atom stereocenters. The third kappa shape index (κ3) is 5.23. The van der Waals surface area contributed by atoms with Gasteiger partial charge in [-0.3, -0.25) is 9.59 Å². The zero-order chi connectivity index (χ0) is 21.0. The number of sulfone groups is 1. The normalized spacial score (nSPS) is 17.7. The van der Waals surface area contributed by atoms with Crippen LogP contribution in [0.1, 0.15) is 36.9 Å². The Balaban J connectivity index is 1.63. The Morgan fingerprint density at radius 3 is 2.38 bits per heavy atom. The van der Waals surface area contributed by atoms with Gasteiger partial charge in [0.15, 0.2) is 9.84 Å². The van der Waals surface area contributed by atoms with Crippen LogP contribution in [0.25, 0.3) is 0 Å². The third-order valence-electron chi connectivity index (χ3n) is 5.24. The van der Waals surface area contributed by atoms with Crippen molar-refractivity contribution in [3.8, 4) is 0 Å². The van der Waals surface area contributed by atoms with Crippen LogP contribution in [0, 0.1) is 0 Å². The number of amides is 2. The molecule has 6 nitrogen and oxygen atoms in total. The van der Waals surface area contributed by atoms with Crippen LogP contribution in [-0.4, -0.2) is 44.0 Å². The maximum atomic E-state index is 12.8. The molecule has 0 bridgehead atoms. The first-order chi connectivity index (χ1) is 13.8. The van der Waals surface area contributed by atoms with Crippen molar-refractivity contribution < 1.29 is 18.0 Å². The molecule has 0 radical (unpaired) electrons. The minimum Gasteiger partial charge on any atom is -0.348 e. The maximum Gasteiger partial charge on any atom is 0.243 e. The van der Waals surface area contributed by atoms with Gasteiger partial charge in [0, 0.05) is 12.8 Å². The van der Waals surface area contributed by atoms with Gasteiger partial charge in [0.25, 0.3) is 0 Å². The topological polar surface area (TPSA) is 83.6 Å². The highest BCUT2D eigenvalue weighted by atomic mass is 32.2. The predicted octanol–water partition coefficient (Wildman–Crippen LogP) is 2.50. The molecule has 0 aromatic heterocycles. The van der Waals surface area contributed by atoms with Gasteiger partial charge < -0.3 is 10.2 Å². The molecule has 1 saturated heterocycles. The lowest BCUT2D eigenvalue weighted by Gasteiger charge is -2.26. The van der Waals surface area contributed by atoms with Crippen LogP contribution in [0.5, 0.6) is 0 Å². The summed E-state index contributed by atoms with van der Waals surface area (Å²) in [6.07, 6.45) is 2.89. The number of hydrogen-bond donors (Lipinski definition) is 1. The molecule has 1 fully saturated rings. The van der Waals surface area contributed by atoms with Gasteiger partial charge in [0.1, 0.15) is 6.04 Å². The van der Waals surface area contributed by atoms with Crippen LogP contribution < -0.4 is 5.32 Å². The summed E-state index contributed by atoms with van der Waals surface area (Å²) in [5.41, 5.74) is 1.74. The number of nitrogens with one attached hydrogen (secondary N) is 1. The van der Waals surface area contributed by atoms with Crippen LogP contribution >= 0.6 is 0 Å². The Kier molecular flexibility index (Phi) is 6.37. The Morgan fingerprint density at radius 1 is 1.10 bits per heavy atom. The van der Waals surface area contributed by atoms with Crippen molar-refractivity contribution in [3.63, 3.8) is 0 Å². The number of rotatable bonds is 6. The number of likely N-dealkylation sites (tertiary alicyclic amines) is 1.